The Labute approximate surface area is 126 Å². The molecule has 0 aliphatic carbocycles. The highest BCUT2D eigenvalue weighted by molar-refractivity contribution is 7.90. The fraction of sp³-hybridized carbons (Fsp3) is 0.231. The number of hydrogen-bond donors (Lipinski definition) is 1. The van der Waals surface area contributed by atoms with Crippen LogP contribution in [0.2, 0.25) is 0 Å². The third-order valence-corrected chi connectivity index (χ3v) is 5.22. The van der Waals surface area contributed by atoms with Gasteiger partial charge in [-0.1, -0.05) is 0 Å². The molecule has 0 aliphatic heterocycles. The maximum absolute atomic E-state index is 11.6. The molecule has 0 unspecified atom stereocenters. The summed E-state index contributed by atoms with van der Waals surface area (Å²) in [5.41, 5.74) is 7.82. The van der Waals surface area contributed by atoms with Crippen molar-refractivity contribution in [2.75, 3.05) is 6.26 Å². The maximum Gasteiger partial charge on any atom is 0.175 e. The van der Waals surface area contributed by atoms with Gasteiger partial charge in [0.15, 0.2) is 15.7 Å². The van der Waals surface area contributed by atoms with Crippen molar-refractivity contribution < 1.29 is 8.42 Å². The molecule has 3 rings (SSSR count). The molecule has 0 fully saturated rings. The van der Waals surface area contributed by atoms with Crippen LogP contribution in [0.4, 0.5) is 0 Å². The summed E-state index contributed by atoms with van der Waals surface area (Å²) in [5, 5.41) is 2.75. The second-order valence-electron chi connectivity index (χ2n) is 4.75. The molecule has 0 saturated heterocycles. The van der Waals surface area contributed by atoms with Crippen LogP contribution in [0.1, 0.15) is 5.01 Å². The van der Waals surface area contributed by atoms with Crippen LogP contribution >= 0.6 is 11.3 Å². The minimum absolute atomic E-state index is 0.264. The first kappa shape index (κ1) is 14.2. The average Bonchev–Trinajstić information content (AvgIpc) is 3.02. The Morgan fingerprint density at radius 2 is 2.10 bits per heavy atom. The Balaban J connectivity index is 2.19. The van der Waals surface area contributed by atoms with Gasteiger partial charge >= 0.3 is 0 Å². The monoisotopic (exact) mass is 322 g/mol. The van der Waals surface area contributed by atoms with E-state index in [1.807, 2.05) is 17.0 Å². The number of hydrogen-bond acceptors (Lipinski definition) is 6. The molecule has 0 radical (unpaired) electrons. The van der Waals surface area contributed by atoms with E-state index in [2.05, 4.69) is 9.97 Å². The third-order valence-electron chi connectivity index (χ3n) is 3.24. The zero-order valence-electron chi connectivity index (χ0n) is 11.6. The Morgan fingerprint density at radius 1 is 1.33 bits per heavy atom. The molecule has 0 amide bonds. The van der Waals surface area contributed by atoms with Gasteiger partial charge < -0.3 is 10.3 Å². The fourth-order valence-electron chi connectivity index (χ4n) is 2.15. The van der Waals surface area contributed by atoms with E-state index in [-0.39, 0.29) is 4.90 Å². The van der Waals surface area contributed by atoms with Gasteiger partial charge in [0.25, 0.3) is 0 Å². The third kappa shape index (κ3) is 2.45. The van der Waals surface area contributed by atoms with Crippen LogP contribution in [-0.4, -0.2) is 29.2 Å². The SMILES string of the molecule is Cn1c(-c2csc(CN)n2)nc2cc(S(C)(=O)=O)ccc21. The van der Waals surface area contributed by atoms with E-state index in [0.717, 1.165) is 16.2 Å². The van der Waals surface area contributed by atoms with E-state index in [1.54, 1.807) is 18.2 Å². The van der Waals surface area contributed by atoms with Crippen LogP contribution in [0, 0.1) is 0 Å². The zero-order chi connectivity index (χ0) is 15.2. The smallest absolute Gasteiger partial charge is 0.175 e. The van der Waals surface area contributed by atoms with Gasteiger partial charge in [-0.2, -0.15) is 0 Å². The topological polar surface area (TPSA) is 90.9 Å². The molecular weight excluding hydrogens is 308 g/mol. The van der Waals surface area contributed by atoms with Crippen LogP contribution in [0.3, 0.4) is 0 Å². The second-order valence-corrected chi connectivity index (χ2v) is 7.71. The number of aromatic nitrogens is 3. The van der Waals surface area contributed by atoms with Crippen molar-refractivity contribution in [1.82, 2.24) is 14.5 Å². The lowest BCUT2D eigenvalue weighted by molar-refractivity contribution is 0.602. The van der Waals surface area contributed by atoms with E-state index in [0.29, 0.717) is 17.9 Å². The lowest BCUT2D eigenvalue weighted by Crippen LogP contribution is -1.97. The highest BCUT2D eigenvalue weighted by atomic mass is 32.2. The molecule has 0 bridgehead atoms. The Kier molecular flexibility index (Phi) is 3.31. The summed E-state index contributed by atoms with van der Waals surface area (Å²) in [4.78, 5) is 9.19. The van der Waals surface area contributed by atoms with E-state index < -0.39 is 9.84 Å². The Morgan fingerprint density at radius 3 is 2.71 bits per heavy atom. The van der Waals surface area contributed by atoms with Crippen LogP contribution in [0.25, 0.3) is 22.6 Å². The van der Waals surface area contributed by atoms with E-state index in [1.165, 1.54) is 17.6 Å². The number of aryl methyl sites for hydroxylation is 1. The molecule has 2 N–H and O–H groups in total. The van der Waals surface area contributed by atoms with Crippen LogP contribution in [0.15, 0.2) is 28.5 Å². The van der Waals surface area contributed by atoms with Gasteiger partial charge in [-0.3, -0.25) is 0 Å². The predicted molar refractivity (Wildman–Crippen MR) is 82.8 cm³/mol. The first-order valence-electron chi connectivity index (χ1n) is 6.21. The number of thiazole rings is 1. The van der Waals surface area contributed by atoms with Crippen molar-refractivity contribution in [3.63, 3.8) is 0 Å². The molecule has 2 heterocycles. The molecule has 6 nitrogen and oxygen atoms in total. The Hall–Kier alpha value is -1.77. The summed E-state index contributed by atoms with van der Waals surface area (Å²) >= 11 is 1.49. The molecule has 110 valence electrons. The summed E-state index contributed by atoms with van der Waals surface area (Å²) < 4.78 is 25.1. The molecular formula is C13H14N4O2S2. The summed E-state index contributed by atoms with van der Waals surface area (Å²) in [6.07, 6.45) is 1.19. The van der Waals surface area contributed by atoms with Gasteiger partial charge in [0.05, 0.1) is 15.9 Å². The highest BCUT2D eigenvalue weighted by Gasteiger charge is 2.15. The minimum Gasteiger partial charge on any atom is -0.326 e. The number of nitrogens with two attached hydrogens (primary N) is 1. The van der Waals surface area contributed by atoms with Crippen molar-refractivity contribution in [2.24, 2.45) is 12.8 Å². The first-order valence-corrected chi connectivity index (χ1v) is 8.98. The molecule has 8 heteroatoms. The number of imidazole rings is 1. The average molecular weight is 322 g/mol. The summed E-state index contributed by atoms with van der Waals surface area (Å²) in [5.74, 6) is 0.701. The highest BCUT2D eigenvalue weighted by Crippen LogP contribution is 2.26. The molecule has 0 aliphatic rings. The van der Waals surface area contributed by atoms with Gasteiger partial charge in [-0.05, 0) is 18.2 Å². The Bertz CT molecular complexity index is 925. The van der Waals surface area contributed by atoms with Gasteiger partial charge in [-0.25, -0.2) is 18.4 Å². The van der Waals surface area contributed by atoms with E-state index in [9.17, 15) is 8.42 Å². The lowest BCUT2D eigenvalue weighted by atomic mass is 10.3. The quantitative estimate of drug-likeness (QED) is 0.790. The number of rotatable bonds is 3. The minimum atomic E-state index is -3.24. The summed E-state index contributed by atoms with van der Waals surface area (Å²) in [7, 11) is -1.36. The number of benzene rings is 1. The number of sulfone groups is 1. The van der Waals surface area contributed by atoms with Crippen molar-refractivity contribution in [1.29, 1.82) is 0 Å². The fourth-order valence-corrected chi connectivity index (χ4v) is 3.44. The van der Waals surface area contributed by atoms with Gasteiger partial charge in [0.2, 0.25) is 0 Å². The first-order chi connectivity index (χ1) is 9.90. The molecule has 0 spiro atoms. The van der Waals surface area contributed by atoms with Crippen molar-refractivity contribution in [3.8, 4) is 11.5 Å². The molecule has 0 saturated carbocycles. The standard InChI is InChI=1S/C13H14N4O2S2/c1-17-11-4-3-8(21(2,18)19)5-9(11)16-13(17)10-7-20-12(6-14)15-10/h3-5,7H,6,14H2,1-2H3. The maximum atomic E-state index is 11.6. The second kappa shape index (κ2) is 4.90. The van der Waals surface area contributed by atoms with E-state index in [4.69, 9.17) is 5.73 Å². The molecule has 21 heavy (non-hydrogen) atoms. The molecule has 0 atom stereocenters. The van der Waals surface area contributed by atoms with E-state index >= 15 is 0 Å². The van der Waals surface area contributed by atoms with Gasteiger partial charge in [0, 0.05) is 25.2 Å². The van der Waals surface area contributed by atoms with Crippen molar-refractivity contribution in [3.05, 3.63) is 28.6 Å². The normalized spacial score (nSPS) is 12.1. The van der Waals surface area contributed by atoms with Crippen molar-refractivity contribution >= 4 is 32.2 Å². The lowest BCUT2D eigenvalue weighted by Gasteiger charge is -2.00. The number of fused-ring (bicyclic) bond motifs is 1. The molecule has 1 aromatic carbocycles. The van der Waals surface area contributed by atoms with Crippen LogP contribution < -0.4 is 5.73 Å². The zero-order valence-corrected chi connectivity index (χ0v) is 13.2. The van der Waals surface area contributed by atoms with Gasteiger partial charge in [-0.15, -0.1) is 11.3 Å². The van der Waals surface area contributed by atoms with Gasteiger partial charge in [0.1, 0.15) is 10.7 Å². The number of nitrogens with zero attached hydrogens (tertiary/aromatic N) is 3. The van der Waals surface area contributed by atoms with Crippen LogP contribution in [0.5, 0.6) is 0 Å². The predicted octanol–water partition coefficient (Wildman–Crippen LogP) is 1.56. The summed E-state index contributed by atoms with van der Waals surface area (Å²) in [6, 6.07) is 4.94. The van der Waals surface area contributed by atoms with Crippen molar-refractivity contribution in [2.45, 2.75) is 11.4 Å². The van der Waals surface area contributed by atoms with Crippen LogP contribution in [-0.2, 0) is 23.4 Å². The molecule has 2 aromatic heterocycles. The molecule has 3 aromatic rings. The summed E-state index contributed by atoms with van der Waals surface area (Å²) in [6.45, 7) is 0.396. The largest absolute Gasteiger partial charge is 0.326 e.